The fourth-order valence-corrected chi connectivity index (χ4v) is 3.78. The van der Waals surface area contributed by atoms with E-state index < -0.39 is 0 Å². The van der Waals surface area contributed by atoms with Crippen LogP contribution in [0.4, 0.5) is 0 Å². The van der Waals surface area contributed by atoms with Crippen molar-refractivity contribution in [3.63, 3.8) is 0 Å². The first-order valence-electron chi connectivity index (χ1n) is 8.83. The number of ether oxygens (including phenoxy) is 1. The Morgan fingerprint density at radius 2 is 2.08 bits per heavy atom. The lowest BCUT2D eigenvalue weighted by atomic mass is 9.73. The summed E-state index contributed by atoms with van der Waals surface area (Å²) in [6.45, 7) is 4.17. The van der Waals surface area contributed by atoms with Crippen molar-refractivity contribution in [1.82, 2.24) is 5.32 Å². The second kappa shape index (κ2) is 8.02. The number of fused-ring (bicyclic) bond motifs is 1. The topological polar surface area (TPSA) is 38.3 Å². The SMILES string of the molecule is C=CC(=O)NCCC1CC(c2ccccc2)Cc2ccc(OC)cc21. The van der Waals surface area contributed by atoms with Gasteiger partial charge in [-0.05, 0) is 66.0 Å². The molecule has 3 nitrogen and oxygen atoms in total. The number of hydrogen-bond acceptors (Lipinski definition) is 2. The summed E-state index contributed by atoms with van der Waals surface area (Å²) in [6.07, 6.45) is 4.39. The molecule has 130 valence electrons. The van der Waals surface area contributed by atoms with Crippen LogP contribution >= 0.6 is 0 Å². The Balaban J connectivity index is 1.83. The molecule has 3 rings (SSSR count). The maximum Gasteiger partial charge on any atom is 0.243 e. The highest BCUT2D eigenvalue weighted by molar-refractivity contribution is 5.86. The van der Waals surface area contributed by atoms with E-state index in [1.807, 2.05) is 6.07 Å². The molecule has 25 heavy (non-hydrogen) atoms. The van der Waals surface area contributed by atoms with Gasteiger partial charge >= 0.3 is 0 Å². The van der Waals surface area contributed by atoms with E-state index in [2.05, 4.69) is 54.4 Å². The molecule has 0 saturated carbocycles. The molecule has 3 heteroatoms. The van der Waals surface area contributed by atoms with E-state index >= 15 is 0 Å². The standard InChI is InChI=1S/C22H25NO2/c1-3-22(24)23-12-11-18-14-19(16-7-5-4-6-8-16)13-17-9-10-20(25-2)15-21(17)18/h3-10,15,18-19H,1,11-14H2,2H3,(H,23,24). The van der Waals surface area contributed by atoms with Gasteiger partial charge in [-0.15, -0.1) is 0 Å². The van der Waals surface area contributed by atoms with Crippen LogP contribution in [0.25, 0.3) is 0 Å². The fourth-order valence-electron chi connectivity index (χ4n) is 3.78. The lowest BCUT2D eigenvalue weighted by molar-refractivity contribution is -0.116. The van der Waals surface area contributed by atoms with E-state index in [0.717, 1.165) is 25.0 Å². The summed E-state index contributed by atoms with van der Waals surface area (Å²) >= 11 is 0. The summed E-state index contributed by atoms with van der Waals surface area (Å²) in [5.41, 5.74) is 4.14. The van der Waals surface area contributed by atoms with Gasteiger partial charge in [-0.2, -0.15) is 0 Å². The van der Waals surface area contributed by atoms with Crippen molar-refractivity contribution in [2.75, 3.05) is 13.7 Å². The number of hydrogen-bond donors (Lipinski definition) is 1. The van der Waals surface area contributed by atoms with Crippen molar-refractivity contribution >= 4 is 5.91 Å². The number of carbonyl (C=O) groups excluding carboxylic acids is 1. The average Bonchev–Trinajstić information content (AvgIpc) is 2.67. The molecule has 0 fully saturated rings. The number of amides is 1. The third kappa shape index (κ3) is 4.11. The number of methoxy groups -OCH3 is 1. The van der Waals surface area contributed by atoms with Gasteiger partial charge in [-0.25, -0.2) is 0 Å². The van der Waals surface area contributed by atoms with Crippen LogP contribution in [0.15, 0.2) is 61.2 Å². The second-order valence-electron chi connectivity index (χ2n) is 6.59. The van der Waals surface area contributed by atoms with Crippen molar-refractivity contribution in [1.29, 1.82) is 0 Å². The summed E-state index contributed by atoms with van der Waals surface area (Å²) in [5.74, 6) is 1.72. The third-order valence-electron chi connectivity index (χ3n) is 5.08. The molecule has 2 aromatic rings. The van der Waals surface area contributed by atoms with Crippen LogP contribution in [0.5, 0.6) is 5.75 Å². The van der Waals surface area contributed by atoms with E-state index in [4.69, 9.17) is 4.74 Å². The summed E-state index contributed by atoms with van der Waals surface area (Å²) in [6, 6.07) is 17.1. The molecule has 0 aliphatic heterocycles. The predicted octanol–water partition coefficient (Wildman–Crippen LogP) is 4.20. The van der Waals surface area contributed by atoms with Crippen LogP contribution in [-0.4, -0.2) is 19.6 Å². The molecule has 0 radical (unpaired) electrons. The molecule has 0 aromatic heterocycles. The van der Waals surface area contributed by atoms with Gasteiger partial charge in [0.05, 0.1) is 7.11 Å². The van der Waals surface area contributed by atoms with E-state index in [1.165, 1.54) is 22.8 Å². The summed E-state index contributed by atoms with van der Waals surface area (Å²) in [7, 11) is 1.70. The van der Waals surface area contributed by atoms with Gasteiger partial charge in [0, 0.05) is 6.54 Å². The van der Waals surface area contributed by atoms with Crippen LogP contribution < -0.4 is 10.1 Å². The predicted molar refractivity (Wildman–Crippen MR) is 101 cm³/mol. The van der Waals surface area contributed by atoms with Crippen LogP contribution in [0.3, 0.4) is 0 Å². The zero-order chi connectivity index (χ0) is 17.6. The molecule has 0 saturated heterocycles. The van der Waals surface area contributed by atoms with Gasteiger partial charge in [-0.1, -0.05) is 43.0 Å². The van der Waals surface area contributed by atoms with Gasteiger partial charge < -0.3 is 10.1 Å². The van der Waals surface area contributed by atoms with Gasteiger partial charge in [0.1, 0.15) is 5.75 Å². The van der Waals surface area contributed by atoms with Crippen molar-refractivity contribution in [2.45, 2.75) is 31.1 Å². The van der Waals surface area contributed by atoms with Crippen LogP contribution in [-0.2, 0) is 11.2 Å². The lowest BCUT2D eigenvalue weighted by Crippen LogP contribution is -2.25. The lowest BCUT2D eigenvalue weighted by Gasteiger charge is -2.32. The monoisotopic (exact) mass is 335 g/mol. The van der Waals surface area contributed by atoms with Crippen molar-refractivity contribution in [3.05, 3.63) is 77.9 Å². The molecular weight excluding hydrogens is 310 g/mol. The Bertz CT molecular complexity index is 739. The Morgan fingerprint density at radius 3 is 2.80 bits per heavy atom. The van der Waals surface area contributed by atoms with Crippen LogP contribution in [0, 0.1) is 0 Å². The van der Waals surface area contributed by atoms with E-state index in [-0.39, 0.29) is 5.91 Å². The van der Waals surface area contributed by atoms with Gasteiger partial charge in [0.2, 0.25) is 5.91 Å². The third-order valence-corrected chi connectivity index (χ3v) is 5.08. The van der Waals surface area contributed by atoms with Crippen molar-refractivity contribution in [3.8, 4) is 5.75 Å². The first kappa shape index (κ1) is 17.3. The maximum atomic E-state index is 11.4. The molecule has 0 bridgehead atoms. The molecule has 1 amide bonds. The molecule has 0 heterocycles. The summed E-state index contributed by atoms with van der Waals surface area (Å²) in [5, 5.41) is 2.91. The van der Waals surface area contributed by atoms with E-state index in [1.54, 1.807) is 7.11 Å². The highest BCUT2D eigenvalue weighted by atomic mass is 16.5. The minimum absolute atomic E-state index is 0.110. The van der Waals surface area contributed by atoms with E-state index in [0.29, 0.717) is 18.4 Å². The number of carbonyl (C=O) groups is 1. The maximum absolute atomic E-state index is 11.4. The molecule has 1 aliphatic rings. The highest BCUT2D eigenvalue weighted by Crippen LogP contribution is 2.42. The molecule has 2 unspecified atom stereocenters. The highest BCUT2D eigenvalue weighted by Gasteiger charge is 2.28. The minimum Gasteiger partial charge on any atom is -0.497 e. The quantitative estimate of drug-likeness (QED) is 0.804. The first-order chi connectivity index (χ1) is 12.2. The Morgan fingerprint density at radius 1 is 1.28 bits per heavy atom. The number of nitrogens with one attached hydrogen (secondary N) is 1. The van der Waals surface area contributed by atoms with Crippen LogP contribution in [0.2, 0.25) is 0 Å². The van der Waals surface area contributed by atoms with Gasteiger partial charge in [0.15, 0.2) is 0 Å². The molecule has 0 spiro atoms. The molecule has 1 aliphatic carbocycles. The van der Waals surface area contributed by atoms with Gasteiger partial charge in [0.25, 0.3) is 0 Å². The Hall–Kier alpha value is -2.55. The minimum atomic E-state index is -0.110. The summed E-state index contributed by atoms with van der Waals surface area (Å²) in [4.78, 5) is 11.4. The number of benzene rings is 2. The normalized spacial score (nSPS) is 18.9. The zero-order valence-electron chi connectivity index (χ0n) is 14.7. The second-order valence-corrected chi connectivity index (χ2v) is 6.59. The molecule has 1 N–H and O–H groups in total. The van der Waals surface area contributed by atoms with Crippen molar-refractivity contribution in [2.24, 2.45) is 0 Å². The molecular formula is C22H25NO2. The van der Waals surface area contributed by atoms with Crippen molar-refractivity contribution < 1.29 is 9.53 Å². The smallest absolute Gasteiger partial charge is 0.243 e. The Kier molecular flexibility index (Phi) is 5.54. The largest absolute Gasteiger partial charge is 0.497 e. The molecule has 2 aromatic carbocycles. The van der Waals surface area contributed by atoms with Gasteiger partial charge in [-0.3, -0.25) is 4.79 Å². The molecule has 2 atom stereocenters. The number of rotatable bonds is 6. The fraction of sp³-hybridized carbons (Fsp3) is 0.318. The Labute approximate surface area is 149 Å². The average molecular weight is 335 g/mol. The van der Waals surface area contributed by atoms with Crippen LogP contribution in [0.1, 0.15) is 41.4 Å². The first-order valence-corrected chi connectivity index (χ1v) is 8.83. The van der Waals surface area contributed by atoms with E-state index in [9.17, 15) is 4.79 Å². The zero-order valence-corrected chi connectivity index (χ0v) is 14.7. The summed E-state index contributed by atoms with van der Waals surface area (Å²) < 4.78 is 5.42.